The van der Waals surface area contributed by atoms with Crippen LogP contribution in [0.4, 0.5) is 5.69 Å². The van der Waals surface area contributed by atoms with Gasteiger partial charge in [0.05, 0.1) is 19.9 Å². The zero-order valence-electron chi connectivity index (χ0n) is 12.3. The summed E-state index contributed by atoms with van der Waals surface area (Å²) in [6.45, 7) is 4.66. The van der Waals surface area contributed by atoms with Crippen molar-refractivity contribution in [2.24, 2.45) is 0 Å². The van der Waals surface area contributed by atoms with Crippen LogP contribution in [0.5, 0.6) is 5.75 Å². The van der Waals surface area contributed by atoms with Gasteiger partial charge in [0.1, 0.15) is 11.5 Å². The van der Waals surface area contributed by atoms with Gasteiger partial charge in [-0.3, -0.25) is 0 Å². The van der Waals surface area contributed by atoms with Crippen LogP contribution < -0.4 is 15.0 Å². The highest BCUT2D eigenvalue weighted by atomic mass is 16.5. The van der Waals surface area contributed by atoms with Gasteiger partial charge in [0.15, 0.2) is 0 Å². The molecule has 0 saturated heterocycles. The Morgan fingerprint density at radius 3 is 2.65 bits per heavy atom. The summed E-state index contributed by atoms with van der Waals surface area (Å²) >= 11 is 0. The highest BCUT2D eigenvalue weighted by Gasteiger charge is 2.06. The molecule has 0 aliphatic carbocycles. The van der Waals surface area contributed by atoms with Gasteiger partial charge in [-0.25, -0.2) is 0 Å². The molecule has 0 aliphatic heterocycles. The molecule has 108 valence electrons. The molecule has 0 amide bonds. The molecule has 2 aromatic rings. The molecule has 0 aliphatic rings. The van der Waals surface area contributed by atoms with Crippen molar-refractivity contribution in [1.82, 2.24) is 5.32 Å². The molecule has 4 nitrogen and oxygen atoms in total. The van der Waals surface area contributed by atoms with Crippen LogP contribution in [-0.2, 0) is 13.1 Å². The van der Waals surface area contributed by atoms with Crippen molar-refractivity contribution in [3.8, 4) is 5.75 Å². The first-order valence-corrected chi connectivity index (χ1v) is 6.85. The molecule has 0 spiro atoms. The maximum Gasteiger partial charge on any atom is 0.123 e. The van der Waals surface area contributed by atoms with E-state index in [-0.39, 0.29) is 0 Å². The van der Waals surface area contributed by atoms with E-state index < -0.39 is 0 Å². The fourth-order valence-corrected chi connectivity index (χ4v) is 2.03. The minimum absolute atomic E-state index is 0.748. The van der Waals surface area contributed by atoms with Crippen LogP contribution in [0.15, 0.2) is 41.0 Å². The summed E-state index contributed by atoms with van der Waals surface area (Å²) in [6.07, 6.45) is 1.82. The maximum absolute atomic E-state index is 5.59. The van der Waals surface area contributed by atoms with Gasteiger partial charge in [0, 0.05) is 24.8 Å². The second kappa shape index (κ2) is 7.01. The molecule has 2 rings (SSSR count). The molecule has 0 bridgehead atoms. The SMILES string of the molecule is CCNCc1coc(CN(C)c2ccc(OC)cc2)c1. The van der Waals surface area contributed by atoms with E-state index in [1.54, 1.807) is 7.11 Å². The molecule has 1 N–H and O–H groups in total. The van der Waals surface area contributed by atoms with Crippen molar-refractivity contribution < 1.29 is 9.15 Å². The lowest BCUT2D eigenvalue weighted by Crippen LogP contribution is -2.15. The van der Waals surface area contributed by atoms with Gasteiger partial charge in [-0.2, -0.15) is 0 Å². The van der Waals surface area contributed by atoms with Gasteiger partial charge in [-0.15, -0.1) is 0 Å². The molecule has 20 heavy (non-hydrogen) atoms. The molecular weight excluding hydrogens is 252 g/mol. The first kappa shape index (κ1) is 14.5. The topological polar surface area (TPSA) is 37.6 Å². The van der Waals surface area contributed by atoms with Gasteiger partial charge in [-0.1, -0.05) is 6.92 Å². The average molecular weight is 274 g/mol. The standard InChI is InChI=1S/C16H22N2O2/c1-4-17-10-13-9-16(20-12-13)11-18(2)14-5-7-15(19-3)8-6-14/h5-9,12,17H,4,10-11H2,1-3H3. The third kappa shape index (κ3) is 3.78. The number of rotatable bonds is 7. The van der Waals surface area contributed by atoms with E-state index in [4.69, 9.17) is 9.15 Å². The molecule has 1 aromatic carbocycles. The van der Waals surface area contributed by atoms with Gasteiger partial charge in [0.2, 0.25) is 0 Å². The Bertz CT molecular complexity index is 520. The van der Waals surface area contributed by atoms with Crippen LogP contribution in [0.2, 0.25) is 0 Å². The Kier molecular flexibility index (Phi) is 5.07. The van der Waals surface area contributed by atoms with Gasteiger partial charge >= 0.3 is 0 Å². The van der Waals surface area contributed by atoms with E-state index >= 15 is 0 Å². The molecule has 1 aromatic heterocycles. The molecule has 0 atom stereocenters. The number of hydrogen-bond acceptors (Lipinski definition) is 4. The lowest BCUT2D eigenvalue weighted by atomic mass is 10.2. The minimum atomic E-state index is 0.748. The van der Waals surface area contributed by atoms with E-state index in [2.05, 4.69) is 23.2 Å². The summed E-state index contributed by atoms with van der Waals surface area (Å²) in [4.78, 5) is 2.15. The van der Waals surface area contributed by atoms with Crippen LogP contribution in [0.1, 0.15) is 18.2 Å². The zero-order valence-corrected chi connectivity index (χ0v) is 12.3. The molecule has 0 fully saturated rings. The maximum atomic E-state index is 5.59. The van der Waals surface area contributed by atoms with Crippen LogP contribution in [0.3, 0.4) is 0 Å². The number of benzene rings is 1. The highest BCUT2D eigenvalue weighted by Crippen LogP contribution is 2.20. The van der Waals surface area contributed by atoms with Gasteiger partial charge in [0.25, 0.3) is 0 Å². The van der Waals surface area contributed by atoms with Crippen molar-refractivity contribution in [3.63, 3.8) is 0 Å². The Morgan fingerprint density at radius 1 is 1.25 bits per heavy atom. The van der Waals surface area contributed by atoms with E-state index in [0.29, 0.717) is 0 Å². The molecule has 4 heteroatoms. The second-order valence-corrected chi connectivity index (χ2v) is 4.76. The zero-order chi connectivity index (χ0) is 14.4. The average Bonchev–Trinajstić information content (AvgIpc) is 2.92. The quantitative estimate of drug-likeness (QED) is 0.842. The Morgan fingerprint density at radius 2 is 2.00 bits per heavy atom. The molecule has 0 saturated carbocycles. The third-order valence-electron chi connectivity index (χ3n) is 3.19. The largest absolute Gasteiger partial charge is 0.497 e. The second-order valence-electron chi connectivity index (χ2n) is 4.76. The van der Waals surface area contributed by atoms with Crippen LogP contribution in [0.25, 0.3) is 0 Å². The lowest BCUT2D eigenvalue weighted by molar-refractivity contribution is 0.415. The van der Waals surface area contributed by atoms with Gasteiger partial charge in [-0.05, 0) is 36.9 Å². The first-order valence-electron chi connectivity index (χ1n) is 6.85. The minimum Gasteiger partial charge on any atom is -0.497 e. The summed E-state index contributed by atoms with van der Waals surface area (Å²) < 4.78 is 10.8. The van der Waals surface area contributed by atoms with Crippen molar-refractivity contribution in [2.75, 3.05) is 25.6 Å². The summed E-state index contributed by atoms with van der Waals surface area (Å²) in [5, 5.41) is 3.29. The van der Waals surface area contributed by atoms with Crippen molar-refractivity contribution >= 4 is 5.69 Å². The monoisotopic (exact) mass is 274 g/mol. The molecule has 0 radical (unpaired) electrons. The molecular formula is C16H22N2O2. The summed E-state index contributed by atoms with van der Waals surface area (Å²) in [6, 6.07) is 10.1. The summed E-state index contributed by atoms with van der Waals surface area (Å²) in [5.41, 5.74) is 2.32. The van der Waals surface area contributed by atoms with E-state index in [0.717, 1.165) is 36.8 Å². The number of nitrogens with zero attached hydrogens (tertiary/aromatic N) is 1. The smallest absolute Gasteiger partial charge is 0.123 e. The number of furan rings is 1. The van der Waals surface area contributed by atoms with Crippen LogP contribution in [-0.4, -0.2) is 20.7 Å². The Balaban J connectivity index is 1.95. The van der Waals surface area contributed by atoms with Crippen LogP contribution >= 0.6 is 0 Å². The van der Waals surface area contributed by atoms with E-state index in [1.165, 1.54) is 5.56 Å². The predicted octanol–water partition coefficient (Wildman–Crippen LogP) is 3.03. The summed E-state index contributed by atoms with van der Waals surface area (Å²) in [7, 11) is 3.72. The van der Waals surface area contributed by atoms with Crippen molar-refractivity contribution in [1.29, 1.82) is 0 Å². The third-order valence-corrected chi connectivity index (χ3v) is 3.19. The molecule has 1 heterocycles. The van der Waals surface area contributed by atoms with Crippen LogP contribution in [0, 0.1) is 0 Å². The van der Waals surface area contributed by atoms with Crippen molar-refractivity contribution in [3.05, 3.63) is 47.9 Å². The first-order chi connectivity index (χ1) is 9.72. The number of ether oxygens (including phenoxy) is 1. The number of nitrogens with one attached hydrogen (secondary N) is 1. The molecule has 0 unspecified atom stereocenters. The van der Waals surface area contributed by atoms with Crippen molar-refractivity contribution in [2.45, 2.75) is 20.0 Å². The fourth-order valence-electron chi connectivity index (χ4n) is 2.03. The Hall–Kier alpha value is -1.94. The highest BCUT2D eigenvalue weighted by molar-refractivity contribution is 5.48. The number of methoxy groups -OCH3 is 1. The summed E-state index contributed by atoms with van der Waals surface area (Å²) in [5.74, 6) is 1.84. The van der Waals surface area contributed by atoms with Gasteiger partial charge < -0.3 is 19.4 Å². The normalized spacial score (nSPS) is 10.6. The number of hydrogen-bond donors (Lipinski definition) is 1. The van der Waals surface area contributed by atoms with E-state index in [1.807, 2.05) is 37.6 Å². The number of anilines is 1. The fraction of sp³-hybridized carbons (Fsp3) is 0.375. The lowest BCUT2D eigenvalue weighted by Gasteiger charge is -2.18. The van der Waals surface area contributed by atoms with E-state index in [9.17, 15) is 0 Å². The Labute approximate surface area is 120 Å². The predicted molar refractivity (Wildman–Crippen MR) is 81.2 cm³/mol.